The molecule has 2 rings (SSSR count). The zero-order valence-electron chi connectivity index (χ0n) is 10.0. The van der Waals surface area contributed by atoms with Crippen LogP contribution in [0.2, 0.25) is 0 Å². The Morgan fingerprint density at radius 1 is 1.25 bits per heavy atom. The summed E-state index contributed by atoms with van der Waals surface area (Å²) in [6.07, 6.45) is 8.54. The van der Waals surface area contributed by atoms with Gasteiger partial charge in [0.05, 0.1) is 0 Å². The molecule has 2 atom stereocenters. The van der Waals surface area contributed by atoms with E-state index in [1.807, 2.05) is 0 Å². The fraction of sp³-hybridized carbons (Fsp3) is 0.467. The monoisotopic (exact) mass is 215 g/mol. The molecule has 2 unspecified atom stereocenters. The average Bonchev–Trinajstić information content (AvgIpc) is 2.72. The van der Waals surface area contributed by atoms with Gasteiger partial charge in [-0.15, -0.1) is 0 Å². The first-order valence-electron chi connectivity index (χ1n) is 6.31. The van der Waals surface area contributed by atoms with Gasteiger partial charge in [0.1, 0.15) is 0 Å². The summed E-state index contributed by atoms with van der Waals surface area (Å²) in [5, 5.41) is 3.61. The molecule has 1 N–H and O–H groups in total. The van der Waals surface area contributed by atoms with Gasteiger partial charge in [-0.05, 0) is 24.3 Å². The fourth-order valence-corrected chi connectivity index (χ4v) is 2.43. The highest BCUT2D eigenvalue weighted by Crippen LogP contribution is 2.24. The molecule has 86 valence electrons. The van der Waals surface area contributed by atoms with Gasteiger partial charge in [0.25, 0.3) is 0 Å². The van der Waals surface area contributed by atoms with E-state index in [4.69, 9.17) is 0 Å². The van der Waals surface area contributed by atoms with Crippen LogP contribution in [0.3, 0.4) is 0 Å². The predicted octanol–water partition coefficient (Wildman–Crippen LogP) is 3.48. The molecule has 1 fully saturated rings. The third-order valence-electron chi connectivity index (χ3n) is 3.47. The van der Waals surface area contributed by atoms with Crippen LogP contribution in [-0.2, 0) is 0 Å². The van der Waals surface area contributed by atoms with Crippen LogP contribution in [0.4, 0.5) is 0 Å². The first kappa shape index (κ1) is 11.4. The van der Waals surface area contributed by atoms with Crippen LogP contribution in [0.15, 0.2) is 36.4 Å². The van der Waals surface area contributed by atoms with Crippen LogP contribution in [0, 0.1) is 5.92 Å². The summed E-state index contributed by atoms with van der Waals surface area (Å²) in [4.78, 5) is 0. The molecule has 1 aromatic rings. The summed E-state index contributed by atoms with van der Waals surface area (Å²) in [5.41, 5.74) is 1.28. The lowest BCUT2D eigenvalue weighted by molar-refractivity contribution is 0.445. The Morgan fingerprint density at radius 3 is 2.75 bits per heavy atom. The summed E-state index contributed by atoms with van der Waals surface area (Å²) in [7, 11) is 0. The van der Waals surface area contributed by atoms with Crippen molar-refractivity contribution >= 4 is 6.08 Å². The maximum atomic E-state index is 3.61. The van der Waals surface area contributed by atoms with E-state index in [2.05, 4.69) is 54.7 Å². The SMILES string of the molecule is CC1CCCC1NCC=Cc1ccccc1. The average molecular weight is 215 g/mol. The van der Waals surface area contributed by atoms with E-state index in [1.54, 1.807) is 0 Å². The van der Waals surface area contributed by atoms with Crippen molar-refractivity contribution in [1.82, 2.24) is 5.32 Å². The lowest BCUT2D eigenvalue weighted by atomic mass is 10.1. The third kappa shape index (κ3) is 3.21. The molecule has 0 spiro atoms. The zero-order valence-corrected chi connectivity index (χ0v) is 10.0. The molecule has 0 radical (unpaired) electrons. The van der Waals surface area contributed by atoms with Crippen LogP contribution >= 0.6 is 0 Å². The topological polar surface area (TPSA) is 12.0 Å². The van der Waals surface area contributed by atoms with Crippen molar-refractivity contribution in [3.8, 4) is 0 Å². The maximum Gasteiger partial charge on any atom is 0.0140 e. The van der Waals surface area contributed by atoms with Crippen LogP contribution in [0.25, 0.3) is 6.08 Å². The summed E-state index contributed by atoms with van der Waals surface area (Å²) in [5.74, 6) is 0.852. The second-order valence-electron chi connectivity index (χ2n) is 4.74. The van der Waals surface area contributed by atoms with Crippen molar-refractivity contribution in [2.75, 3.05) is 6.54 Å². The van der Waals surface area contributed by atoms with Gasteiger partial charge < -0.3 is 5.32 Å². The van der Waals surface area contributed by atoms with Crippen molar-refractivity contribution in [2.45, 2.75) is 32.2 Å². The van der Waals surface area contributed by atoms with E-state index in [-0.39, 0.29) is 0 Å². The second kappa shape index (κ2) is 5.86. The Bertz CT molecular complexity index is 329. The van der Waals surface area contributed by atoms with Gasteiger partial charge in [-0.3, -0.25) is 0 Å². The fourth-order valence-electron chi connectivity index (χ4n) is 2.43. The number of benzene rings is 1. The standard InChI is InChI=1S/C15H21N/c1-13-7-5-11-15(13)16-12-6-10-14-8-3-2-4-9-14/h2-4,6,8-10,13,15-16H,5,7,11-12H2,1H3. The Labute approximate surface area is 98.6 Å². The number of hydrogen-bond donors (Lipinski definition) is 1. The van der Waals surface area contributed by atoms with Crippen molar-refractivity contribution < 1.29 is 0 Å². The molecule has 0 heterocycles. The van der Waals surface area contributed by atoms with Gasteiger partial charge in [0.2, 0.25) is 0 Å². The van der Waals surface area contributed by atoms with E-state index in [1.165, 1.54) is 24.8 Å². The summed E-state index contributed by atoms with van der Waals surface area (Å²) in [6.45, 7) is 3.34. The quantitative estimate of drug-likeness (QED) is 0.811. The van der Waals surface area contributed by atoms with E-state index >= 15 is 0 Å². The van der Waals surface area contributed by atoms with Gasteiger partial charge >= 0.3 is 0 Å². The maximum absolute atomic E-state index is 3.61. The molecule has 1 aliphatic carbocycles. The minimum atomic E-state index is 0.737. The minimum absolute atomic E-state index is 0.737. The zero-order chi connectivity index (χ0) is 11.2. The van der Waals surface area contributed by atoms with Crippen LogP contribution < -0.4 is 5.32 Å². The minimum Gasteiger partial charge on any atom is -0.310 e. The van der Waals surface area contributed by atoms with Crippen molar-refractivity contribution in [2.24, 2.45) is 5.92 Å². The molecule has 1 aliphatic rings. The van der Waals surface area contributed by atoms with Crippen molar-refractivity contribution in [3.05, 3.63) is 42.0 Å². The van der Waals surface area contributed by atoms with Crippen LogP contribution in [0.5, 0.6) is 0 Å². The second-order valence-corrected chi connectivity index (χ2v) is 4.74. The smallest absolute Gasteiger partial charge is 0.0140 e. The molecule has 16 heavy (non-hydrogen) atoms. The van der Waals surface area contributed by atoms with Crippen molar-refractivity contribution in [3.63, 3.8) is 0 Å². The van der Waals surface area contributed by atoms with E-state index in [9.17, 15) is 0 Å². The van der Waals surface area contributed by atoms with E-state index in [0.717, 1.165) is 18.5 Å². The molecule has 1 heteroatoms. The summed E-state index contributed by atoms with van der Waals surface area (Å²) < 4.78 is 0. The van der Waals surface area contributed by atoms with Gasteiger partial charge in [-0.1, -0.05) is 55.8 Å². The van der Waals surface area contributed by atoms with E-state index < -0.39 is 0 Å². The van der Waals surface area contributed by atoms with Gasteiger partial charge in [-0.2, -0.15) is 0 Å². The highest BCUT2D eigenvalue weighted by molar-refractivity contribution is 5.48. The number of hydrogen-bond acceptors (Lipinski definition) is 1. The normalized spacial score (nSPS) is 25.3. The Morgan fingerprint density at radius 2 is 2.06 bits per heavy atom. The predicted molar refractivity (Wildman–Crippen MR) is 70.3 cm³/mol. The van der Waals surface area contributed by atoms with E-state index in [0.29, 0.717) is 0 Å². The first-order chi connectivity index (χ1) is 7.86. The summed E-state index contributed by atoms with van der Waals surface area (Å²) in [6, 6.07) is 11.2. The molecule has 1 nitrogen and oxygen atoms in total. The van der Waals surface area contributed by atoms with Crippen LogP contribution in [0.1, 0.15) is 31.7 Å². The molecular weight excluding hydrogens is 194 g/mol. The first-order valence-corrected chi connectivity index (χ1v) is 6.31. The molecule has 0 saturated heterocycles. The molecule has 1 saturated carbocycles. The lowest BCUT2D eigenvalue weighted by Gasteiger charge is -2.15. The Hall–Kier alpha value is -1.08. The summed E-state index contributed by atoms with van der Waals surface area (Å²) >= 11 is 0. The van der Waals surface area contributed by atoms with Gasteiger partial charge in [-0.25, -0.2) is 0 Å². The highest BCUT2D eigenvalue weighted by Gasteiger charge is 2.21. The molecule has 1 aromatic carbocycles. The third-order valence-corrected chi connectivity index (χ3v) is 3.47. The van der Waals surface area contributed by atoms with Crippen LogP contribution in [-0.4, -0.2) is 12.6 Å². The Kier molecular flexibility index (Phi) is 4.17. The lowest BCUT2D eigenvalue weighted by Crippen LogP contribution is -2.30. The molecule has 0 aliphatic heterocycles. The highest BCUT2D eigenvalue weighted by atomic mass is 14.9. The van der Waals surface area contributed by atoms with Gasteiger partial charge in [0.15, 0.2) is 0 Å². The van der Waals surface area contributed by atoms with Crippen molar-refractivity contribution in [1.29, 1.82) is 0 Å². The number of nitrogens with one attached hydrogen (secondary N) is 1. The molecule has 0 amide bonds. The largest absolute Gasteiger partial charge is 0.310 e. The number of rotatable bonds is 4. The molecular formula is C15H21N. The Balaban J connectivity index is 1.73. The molecule has 0 aromatic heterocycles. The van der Waals surface area contributed by atoms with Gasteiger partial charge in [0, 0.05) is 12.6 Å². The molecule has 0 bridgehead atoms.